The van der Waals surface area contributed by atoms with E-state index in [0.717, 1.165) is 11.5 Å². The molecule has 0 aliphatic carbocycles. The lowest BCUT2D eigenvalue weighted by Crippen LogP contribution is -2.54. The number of imidazole rings is 1. The Balaban J connectivity index is 1.71. The predicted octanol–water partition coefficient (Wildman–Crippen LogP) is 2.30. The molecular formula is C15H17ClN4O. The number of amides is 1. The third kappa shape index (κ3) is 3.09. The Labute approximate surface area is 128 Å². The van der Waals surface area contributed by atoms with E-state index in [-0.39, 0.29) is 11.9 Å². The van der Waals surface area contributed by atoms with Gasteiger partial charge in [-0.25, -0.2) is 4.98 Å². The van der Waals surface area contributed by atoms with Gasteiger partial charge in [-0.1, -0.05) is 11.6 Å². The van der Waals surface area contributed by atoms with Crippen molar-refractivity contribution in [2.45, 2.75) is 19.5 Å². The highest BCUT2D eigenvalue weighted by atomic mass is 35.5. The van der Waals surface area contributed by atoms with E-state index in [2.05, 4.69) is 21.8 Å². The normalized spacial score (nSPS) is 20.0. The quantitative estimate of drug-likeness (QED) is 0.946. The van der Waals surface area contributed by atoms with Crippen LogP contribution in [0.4, 0.5) is 5.69 Å². The van der Waals surface area contributed by atoms with Crippen LogP contribution in [0.5, 0.6) is 0 Å². The van der Waals surface area contributed by atoms with Gasteiger partial charge in [-0.15, -0.1) is 0 Å². The smallest absolute Gasteiger partial charge is 0.241 e. The first-order valence-corrected chi connectivity index (χ1v) is 7.29. The zero-order valence-corrected chi connectivity index (χ0v) is 12.5. The van der Waals surface area contributed by atoms with Gasteiger partial charge in [0.1, 0.15) is 5.82 Å². The average Bonchev–Trinajstić information content (AvgIpc) is 2.97. The van der Waals surface area contributed by atoms with E-state index in [4.69, 9.17) is 11.6 Å². The number of halogens is 1. The van der Waals surface area contributed by atoms with Crippen LogP contribution in [0.25, 0.3) is 0 Å². The van der Waals surface area contributed by atoms with Crippen molar-refractivity contribution in [3.05, 3.63) is 47.5 Å². The van der Waals surface area contributed by atoms with Crippen molar-refractivity contribution >= 4 is 23.2 Å². The molecule has 1 aromatic heterocycles. The number of rotatable bonds is 3. The Morgan fingerprint density at radius 2 is 2.14 bits per heavy atom. The molecule has 1 unspecified atom stereocenters. The molecule has 0 spiro atoms. The summed E-state index contributed by atoms with van der Waals surface area (Å²) in [4.78, 5) is 23.6. The molecule has 2 heterocycles. The Morgan fingerprint density at radius 1 is 1.38 bits per heavy atom. The van der Waals surface area contributed by atoms with Crippen LogP contribution in [0.2, 0.25) is 5.02 Å². The van der Waals surface area contributed by atoms with Crippen molar-refractivity contribution in [3.8, 4) is 0 Å². The number of H-pyrrole nitrogens is 1. The van der Waals surface area contributed by atoms with E-state index in [1.807, 2.05) is 29.2 Å². The molecular weight excluding hydrogens is 288 g/mol. The van der Waals surface area contributed by atoms with Crippen LogP contribution in [-0.2, 0) is 11.3 Å². The first kappa shape index (κ1) is 14.1. The second-order valence-corrected chi connectivity index (χ2v) is 5.71. The molecule has 0 saturated carbocycles. The van der Waals surface area contributed by atoms with Gasteiger partial charge in [-0.3, -0.25) is 9.69 Å². The van der Waals surface area contributed by atoms with Gasteiger partial charge < -0.3 is 9.88 Å². The van der Waals surface area contributed by atoms with Gasteiger partial charge in [0.05, 0.1) is 13.1 Å². The van der Waals surface area contributed by atoms with Gasteiger partial charge in [0.2, 0.25) is 5.91 Å². The van der Waals surface area contributed by atoms with E-state index in [9.17, 15) is 4.79 Å². The summed E-state index contributed by atoms with van der Waals surface area (Å²) in [7, 11) is 0. The molecule has 3 rings (SSSR count). The number of hydrogen-bond donors (Lipinski definition) is 1. The van der Waals surface area contributed by atoms with Gasteiger partial charge in [-0.05, 0) is 31.2 Å². The third-order valence-electron chi connectivity index (χ3n) is 3.76. The Kier molecular flexibility index (Phi) is 3.94. The number of piperazine rings is 1. The van der Waals surface area contributed by atoms with Crippen molar-refractivity contribution in [1.29, 1.82) is 0 Å². The zero-order valence-electron chi connectivity index (χ0n) is 11.8. The molecule has 1 N–H and O–H groups in total. The molecule has 1 aliphatic heterocycles. The zero-order chi connectivity index (χ0) is 14.8. The first-order chi connectivity index (χ1) is 10.1. The second-order valence-electron chi connectivity index (χ2n) is 5.27. The first-order valence-electron chi connectivity index (χ1n) is 6.92. The topological polar surface area (TPSA) is 52.2 Å². The number of nitrogens with zero attached hydrogens (tertiary/aromatic N) is 3. The maximum atomic E-state index is 12.4. The molecule has 21 heavy (non-hydrogen) atoms. The highest BCUT2D eigenvalue weighted by molar-refractivity contribution is 6.30. The number of carbonyl (C=O) groups excluding carboxylic acids is 1. The maximum absolute atomic E-state index is 12.4. The lowest BCUT2D eigenvalue weighted by atomic mass is 10.1. The highest BCUT2D eigenvalue weighted by Gasteiger charge is 2.30. The molecule has 1 amide bonds. The molecule has 1 fully saturated rings. The molecule has 0 radical (unpaired) electrons. The van der Waals surface area contributed by atoms with Crippen LogP contribution in [0.15, 0.2) is 36.7 Å². The standard InChI is InChI=1S/C15H17ClN4O/c1-11-8-20(13-4-2-12(16)3-5-13)15(21)10-19(11)9-14-17-6-7-18-14/h2-7,11H,8-10H2,1H3,(H,17,18). The predicted molar refractivity (Wildman–Crippen MR) is 82.3 cm³/mol. The number of benzene rings is 1. The molecule has 1 saturated heterocycles. The SMILES string of the molecule is CC1CN(c2ccc(Cl)cc2)C(=O)CN1Cc1ncc[nH]1. The number of aromatic nitrogens is 2. The minimum atomic E-state index is 0.0991. The molecule has 6 heteroatoms. The Morgan fingerprint density at radius 3 is 2.81 bits per heavy atom. The summed E-state index contributed by atoms with van der Waals surface area (Å²) in [5.41, 5.74) is 0.897. The van der Waals surface area contributed by atoms with Gasteiger partial charge in [-0.2, -0.15) is 0 Å². The molecule has 5 nitrogen and oxygen atoms in total. The van der Waals surface area contributed by atoms with Crippen LogP contribution >= 0.6 is 11.6 Å². The van der Waals surface area contributed by atoms with E-state index >= 15 is 0 Å². The molecule has 1 aliphatic rings. The van der Waals surface area contributed by atoms with Crippen LogP contribution < -0.4 is 4.90 Å². The summed E-state index contributed by atoms with van der Waals surface area (Å²) in [5, 5.41) is 0.677. The highest BCUT2D eigenvalue weighted by Crippen LogP contribution is 2.22. The number of anilines is 1. The molecule has 110 valence electrons. The fourth-order valence-corrected chi connectivity index (χ4v) is 2.68. The summed E-state index contributed by atoms with van der Waals surface area (Å²) >= 11 is 5.90. The summed E-state index contributed by atoms with van der Waals surface area (Å²) in [6, 6.07) is 7.65. The summed E-state index contributed by atoms with van der Waals surface area (Å²) in [6.45, 7) is 3.85. The molecule has 2 aromatic rings. The van der Waals surface area contributed by atoms with E-state index in [0.29, 0.717) is 24.7 Å². The number of carbonyl (C=O) groups is 1. The van der Waals surface area contributed by atoms with Crippen molar-refractivity contribution in [1.82, 2.24) is 14.9 Å². The fraction of sp³-hybridized carbons (Fsp3) is 0.333. The second kappa shape index (κ2) is 5.87. The molecule has 1 aromatic carbocycles. The number of aromatic amines is 1. The van der Waals surface area contributed by atoms with Gasteiger partial charge in [0.15, 0.2) is 0 Å². The molecule has 1 atom stereocenters. The Bertz CT molecular complexity index is 611. The number of nitrogens with one attached hydrogen (secondary N) is 1. The van der Waals surface area contributed by atoms with Crippen LogP contribution in [0.3, 0.4) is 0 Å². The average molecular weight is 305 g/mol. The van der Waals surface area contributed by atoms with E-state index in [1.165, 1.54) is 0 Å². The lowest BCUT2D eigenvalue weighted by molar-refractivity contribution is -0.122. The minimum absolute atomic E-state index is 0.0991. The summed E-state index contributed by atoms with van der Waals surface area (Å²) in [6.07, 6.45) is 3.53. The van der Waals surface area contributed by atoms with Crippen LogP contribution in [0.1, 0.15) is 12.7 Å². The van der Waals surface area contributed by atoms with Gasteiger partial charge in [0, 0.05) is 35.7 Å². The van der Waals surface area contributed by atoms with Gasteiger partial charge >= 0.3 is 0 Å². The van der Waals surface area contributed by atoms with Crippen molar-refractivity contribution in [3.63, 3.8) is 0 Å². The van der Waals surface area contributed by atoms with Crippen molar-refractivity contribution < 1.29 is 4.79 Å². The lowest BCUT2D eigenvalue weighted by Gasteiger charge is -2.39. The van der Waals surface area contributed by atoms with Crippen molar-refractivity contribution in [2.75, 3.05) is 18.0 Å². The minimum Gasteiger partial charge on any atom is -0.348 e. The number of hydrogen-bond acceptors (Lipinski definition) is 3. The van der Waals surface area contributed by atoms with Crippen LogP contribution in [0, 0.1) is 0 Å². The monoisotopic (exact) mass is 304 g/mol. The third-order valence-corrected chi connectivity index (χ3v) is 4.01. The van der Waals surface area contributed by atoms with Crippen LogP contribution in [-0.4, -0.2) is 39.9 Å². The Hall–Kier alpha value is -1.85. The van der Waals surface area contributed by atoms with E-state index < -0.39 is 0 Å². The molecule has 0 bridgehead atoms. The maximum Gasteiger partial charge on any atom is 0.241 e. The van der Waals surface area contributed by atoms with Gasteiger partial charge in [0.25, 0.3) is 0 Å². The van der Waals surface area contributed by atoms with Crippen molar-refractivity contribution in [2.24, 2.45) is 0 Å². The van der Waals surface area contributed by atoms with E-state index in [1.54, 1.807) is 12.4 Å². The fourth-order valence-electron chi connectivity index (χ4n) is 2.56. The summed E-state index contributed by atoms with van der Waals surface area (Å²) in [5.74, 6) is 0.983. The largest absolute Gasteiger partial charge is 0.348 e. The summed E-state index contributed by atoms with van der Waals surface area (Å²) < 4.78 is 0.